The molecular formula is C17H22N2O2. The Bertz CT molecular complexity index is 638. The van der Waals surface area contributed by atoms with Crippen molar-refractivity contribution in [1.29, 1.82) is 0 Å². The van der Waals surface area contributed by atoms with Gasteiger partial charge in [0.2, 0.25) is 0 Å². The Kier molecular flexibility index (Phi) is 4.81. The summed E-state index contributed by atoms with van der Waals surface area (Å²) in [6.45, 7) is 5.55. The summed E-state index contributed by atoms with van der Waals surface area (Å²) in [6.07, 6.45) is 0. The monoisotopic (exact) mass is 286 g/mol. The highest BCUT2D eigenvalue weighted by molar-refractivity contribution is 6.03. The second-order valence-electron chi connectivity index (χ2n) is 5.51. The van der Waals surface area contributed by atoms with Gasteiger partial charge < -0.3 is 15.3 Å². The van der Waals surface area contributed by atoms with Crippen LogP contribution in [0, 0.1) is 0 Å². The first-order valence-corrected chi connectivity index (χ1v) is 7.20. The summed E-state index contributed by atoms with van der Waals surface area (Å²) < 4.78 is 0. The molecule has 0 radical (unpaired) electrons. The lowest BCUT2D eigenvalue weighted by Crippen LogP contribution is -2.36. The zero-order valence-corrected chi connectivity index (χ0v) is 12.8. The molecule has 0 saturated carbocycles. The van der Waals surface area contributed by atoms with Crippen molar-refractivity contribution in [3.05, 3.63) is 42.0 Å². The second kappa shape index (κ2) is 6.59. The molecule has 0 unspecified atom stereocenters. The molecule has 2 aromatic carbocycles. The Morgan fingerprint density at radius 1 is 1.24 bits per heavy atom. The van der Waals surface area contributed by atoms with Crippen molar-refractivity contribution < 1.29 is 9.90 Å². The molecule has 4 heteroatoms. The molecule has 2 N–H and O–H groups in total. The van der Waals surface area contributed by atoms with Gasteiger partial charge in [-0.2, -0.15) is 0 Å². The van der Waals surface area contributed by atoms with Crippen molar-refractivity contribution in [2.75, 3.05) is 20.1 Å². The average Bonchev–Trinajstić information content (AvgIpc) is 2.47. The topological polar surface area (TPSA) is 52.6 Å². The first-order chi connectivity index (χ1) is 10.0. The van der Waals surface area contributed by atoms with Crippen molar-refractivity contribution in [2.45, 2.75) is 19.9 Å². The molecule has 2 aromatic rings. The largest absolute Gasteiger partial charge is 0.506 e. The smallest absolute Gasteiger partial charge is 0.255 e. The highest BCUT2D eigenvalue weighted by Gasteiger charge is 2.13. The van der Waals surface area contributed by atoms with E-state index in [0.717, 1.165) is 11.9 Å². The molecule has 1 amide bonds. The number of amides is 1. The van der Waals surface area contributed by atoms with E-state index in [1.54, 1.807) is 6.07 Å². The van der Waals surface area contributed by atoms with Gasteiger partial charge in [0, 0.05) is 24.5 Å². The van der Waals surface area contributed by atoms with E-state index in [4.69, 9.17) is 0 Å². The van der Waals surface area contributed by atoms with E-state index >= 15 is 0 Å². The van der Waals surface area contributed by atoms with Crippen molar-refractivity contribution >= 4 is 16.7 Å². The molecular weight excluding hydrogens is 264 g/mol. The van der Waals surface area contributed by atoms with Crippen molar-refractivity contribution in [2.24, 2.45) is 0 Å². The van der Waals surface area contributed by atoms with Gasteiger partial charge in [-0.05, 0) is 32.3 Å². The van der Waals surface area contributed by atoms with Crippen LogP contribution in [-0.2, 0) is 0 Å². The fourth-order valence-electron chi connectivity index (χ4n) is 2.14. The molecule has 0 atom stereocenters. The van der Waals surface area contributed by atoms with Crippen LogP contribution in [0.2, 0.25) is 0 Å². The molecule has 21 heavy (non-hydrogen) atoms. The van der Waals surface area contributed by atoms with Crippen LogP contribution >= 0.6 is 0 Å². The number of nitrogens with one attached hydrogen (secondary N) is 1. The van der Waals surface area contributed by atoms with Gasteiger partial charge in [0.1, 0.15) is 5.75 Å². The number of benzene rings is 2. The summed E-state index contributed by atoms with van der Waals surface area (Å²) in [4.78, 5) is 14.3. The zero-order chi connectivity index (χ0) is 15.4. The summed E-state index contributed by atoms with van der Waals surface area (Å²) in [6, 6.07) is 11.4. The molecule has 2 rings (SSSR count). The second-order valence-corrected chi connectivity index (χ2v) is 5.51. The number of rotatable bonds is 5. The lowest BCUT2D eigenvalue weighted by molar-refractivity contribution is 0.0945. The van der Waals surface area contributed by atoms with E-state index in [1.807, 2.05) is 37.4 Å². The van der Waals surface area contributed by atoms with Crippen LogP contribution in [0.15, 0.2) is 36.4 Å². The van der Waals surface area contributed by atoms with Gasteiger partial charge in [-0.1, -0.05) is 30.3 Å². The fraction of sp³-hybridized carbons (Fsp3) is 0.353. The number of phenols is 1. The number of carbonyl (C=O) groups excluding carboxylic acids is 1. The molecule has 0 aliphatic rings. The standard InChI is InChI=1S/C17H22N2O2/c1-12(2)19(3)11-10-18-17(21)15-9-8-13-6-4-5-7-14(13)16(15)20/h4-9,12,20H,10-11H2,1-3H3,(H,18,21). The first kappa shape index (κ1) is 15.3. The molecule has 0 saturated heterocycles. The summed E-state index contributed by atoms with van der Waals surface area (Å²) in [5, 5.41) is 14.7. The summed E-state index contributed by atoms with van der Waals surface area (Å²) >= 11 is 0. The lowest BCUT2D eigenvalue weighted by atomic mass is 10.0. The van der Waals surface area contributed by atoms with Gasteiger partial charge in [-0.15, -0.1) is 0 Å². The Hall–Kier alpha value is -2.07. The van der Waals surface area contributed by atoms with Gasteiger partial charge in [0.15, 0.2) is 0 Å². The van der Waals surface area contributed by atoms with E-state index in [1.165, 1.54) is 0 Å². The molecule has 0 bridgehead atoms. The van der Waals surface area contributed by atoms with Crippen molar-refractivity contribution in [3.8, 4) is 5.75 Å². The highest BCUT2D eigenvalue weighted by Crippen LogP contribution is 2.28. The molecule has 4 nitrogen and oxygen atoms in total. The van der Waals surface area contributed by atoms with Gasteiger partial charge in [0.25, 0.3) is 5.91 Å². The average molecular weight is 286 g/mol. The van der Waals surface area contributed by atoms with E-state index in [9.17, 15) is 9.90 Å². The van der Waals surface area contributed by atoms with Crippen molar-refractivity contribution in [1.82, 2.24) is 10.2 Å². The van der Waals surface area contributed by atoms with Gasteiger partial charge >= 0.3 is 0 Å². The molecule has 112 valence electrons. The van der Waals surface area contributed by atoms with Crippen LogP contribution in [0.3, 0.4) is 0 Å². The normalized spacial score (nSPS) is 11.3. The van der Waals surface area contributed by atoms with E-state index in [0.29, 0.717) is 23.5 Å². The minimum absolute atomic E-state index is 0.0443. The quantitative estimate of drug-likeness (QED) is 0.888. The van der Waals surface area contributed by atoms with Crippen LogP contribution in [0.1, 0.15) is 24.2 Å². The third-order valence-corrected chi connectivity index (χ3v) is 3.78. The maximum absolute atomic E-state index is 12.2. The Morgan fingerprint density at radius 2 is 1.95 bits per heavy atom. The number of hydrogen-bond acceptors (Lipinski definition) is 3. The molecule has 0 aliphatic heterocycles. The maximum Gasteiger partial charge on any atom is 0.255 e. The number of nitrogens with zero attached hydrogens (tertiary/aromatic N) is 1. The van der Waals surface area contributed by atoms with Crippen LogP contribution in [0.25, 0.3) is 10.8 Å². The number of carbonyl (C=O) groups is 1. The Balaban J connectivity index is 2.08. The minimum Gasteiger partial charge on any atom is -0.506 e. The Morgan fingerprint density at radius 3 is 2.67 bits per heavy atom. The molecule has 0 heterocycles. The van der Waals surface area contributed by atoms with Gasteiger partial charge in [-0.3, -0.25) is 4.79 Å². The maximum atomic E-state index is 12.2. The first-order valence-electron chi connectivity index (χ1n) is 7.20. The van der Waals surface area contributed by atoms with E-state index in [2.05, 4.69) is 24.1 Å². The third-order valence-electron chi connectivity index (χ3n) is 3.78. The number of phenolic OH excluding ortho intramolecular Hbond substituents is 1. The minimum atomic E-state index is -0.240. The van der Waals surface area contributed by atoms with Gasteiger partial charge in [-0.25, -0.2) is 0 Å². The predicted molar refractivity (Wildman–Crippen MR) is 85.7 cm³/mol. The Labute approximate surface area is 125 Å². The molecule has 0 aromatic heterocycles. The predicted octanol–water partition coefficient (Wildman–Crippen LogP) is 2.62. The van der Waals surface area contributed by atoms with Crippen LogP contribution in [0.5, 0.6) is 5.75 Å². The van der Waals surface area contributed by atoms with E-state index < -0.39 is 0 Å². The van der Waals surface area contributed by atoms with Crippen LogP contribution < -0.4 is 5.32 Å². The van der Waals surface area contributed by atoms with Crippen LogP contribution in [0.4, 0.5) is 0 Å². The number of likely N-dealkylation sites (N-methyl/N-ethyl adjacent to an activating group) is 1. The fourth-order valence-corrected chi connectivity index (χ4v) is 2.14. The lowest BCUT2D eigenvalue weighted by Gasteiger charge is -2.21. The number of fused-ring (bicyclic) bond motifs is 1. The van der Waals surface area contributed by atoms with Crippen molar-refractivity contribution in [3.63, 3.8) is 0 Å². The van der Waals surface area contributed by atoms with Gasteiger partial charge in [0.05, 0.1) is 5.56 Å². The molecule has 0 aliphatic carbocycles. The summed E-state index contributed by atoms with van der Waals surface area (Å²) in [5.41, 5.74) is 0.320. The summed E-state index contributed by atoms with van der Waals surface area (Å²) in [5.74, 6) is -0.196. The zero-order valence-electron chi connectivity index (χ0n) is 12.8. The number of hydrogen-bond donors (Lipinski definition) is 2. The SMILES string of the molecule is CC(C)N(C)CCNC(=O)c1ccc2ccccc2c1O. The summed E-state index contributed by atoms with van der Waals surface area (Å²) in [7, 11) is 2.02. The molecule has 0 fully saturated rings. The number of aromatic hydroxyl groups is 1. The van der Waals surface area contributed by atoms with E-state index in [-0.39, 0.29) is 11.7 Å². The highest BCUT2D eigenvalue weighted by atomic mass is 16.3. The third kappa shape index (κ3) is 3.52. The van der Waals surface area contributed by atoms with Crippen LogP contribution in [-0.4, -0.2) is 42.1 Å². The molecule has 0 spiro atoms.